The van der Waals surface area contributed by atoms with Crippen LogP contribution in [-0.4, -0.2) is 26.3 Å². The Balaban J connectivity index is 1.69. The van der Waals surface area contributed by atoms with Gasteiger partial charge in [0.25, 0.3) is 0 Å². The van der Waals surface area contributed by atoms with Crippen molar-refractivity contribution in [2.75, 3.05) is 10.6 Å². The van der Waals surface area contributed by atoms with Gasteiger partial charge in [0.15, 0.2) is 5.13 Å². The van der Waals surface area contributed by atoms with E-state index in [9.17, 15) is 9.59 Å². The van der Waals surface area contributed by atoms with E-state index in [0.29, 0.717) is 17.2 Å². The zero-order chi connectivity index (χ0) is 16.9. The van der Waals surface area contributed by atoms with Crippen molar-refractivity contribution in [3.63, 3.8) is 0 Å². The molecular weight excluding hydrogens is 326 g/mol. The molecule has 0 aliphatic carbocycles. The van der Waals surface area contributed by atoms with Crippen molar-refractivity contribution in [3.05, 3.63) is 36.9 Å². The van der Waals surface area contributed by atoms with Crippen LogP contribution in [0.4, 0.5) is 10.8 Å². The minimum Gasteiger partial charge on any atom is -0.328 e. The van der Waals surface area contributed by atoms with E-state index in [0.717, 1.165) is 16.6 Å². The molecule has 0 fully saturated rings. The monoisotopic (exact) mass is 343 g/mol. The largest absolute Gasteiger partial charge is 0.328 e. The van der Waals surface area contributed by atoms with Gasteiger partial charge in [-0.15, -0.1) is 0 Å². The van der Waals surface area contributed by atoms with E-state index >= 15 is 0 Å². The predicted molar refractivity (Wildman–Crippen MR) is 94.0 cm³/mol. The molecule has 2 N–H and O–H groups in total. The van der Waals surface area contributed by atoms with E-state index in [1.807, 2.05) is 19.1 Å². The number of hydrogen-bond acceptors (Lipinski definition) is 5. The summed E-state index contributed by atoms with van der Waals surface area (Å²) in [5.74, 6) is -0.168. The van der Waals surface area contributed by atoms with Gasteiger partial charge in [0.2, 0.25) is 11.8 Å². The van der Waals surface area contributed by atoms with Gasteiger partial charge < -0.3 is 15.2 Å². The highest BCUT2D eigenvalue weighted by molar-refractivity contribution is 7.22. The minimum atomic E-state index is -0.131. The number of nitrogens with zero attached hydrogens (tertiary/aromatic N) is 3. The van der Waals surface area contributed by atoms with Gasteiger partial charge in [-0.05, 0) is 24.6 Å². The van der Waals surface area contributed by atoms with E-state index in [-0.39, 0.29) is 18.4 Å². The average molecular weight is 343 g/mol. The molecule has 1 aromatic carbocycles. The van der Waals surface area contributed by atoms with Crippen LogP contribution in [-0.2, 0) is 16.1 Å². The van der Waals surface area contributed by atoms with Crippen molar-refractivity contribution in [1.29, 1.82) is 0 Å². The molecule has 0 atom stereocenters. The lowest BCUT2D eigenvalue weighted by molar-refractivity contribution is -0.117. The van der Waals surface area contributed by atoms with Crippen LogP contribution in [0.15, 0.2) is 36.9 Å². The molecule has 0 saturated heterocycles. The first-order valence-electron chi connectivity index (χ1n) is 7.60. The summed E-state index contributed by atoms with van der Waals surface area (Å²) in [6.45, 7) is 2.16. The Morgan fingerprint density at radius 1 is 1.25 bits per heavy atom. The topological polar surface area (TPSA) is 88.9 Å². The number of aromatic nitrogens is 3. The lowest BCUT2D eigenvalue weighted by atomic mass is 10.3. The molecule has 7 nitrogen and oxygen atoms in total. The summed E-state index contributed by atoms with van der Waals surface area (Å²) in [5.41, 5.74) is 1.49. The molecule has 3 aromatic rings. The van der Waals surface area contributed by atoms with E-state index in [1.54, 1.807) is 29.4 Å². The fourth-order valence-corrected chi connectivity index (χ4v) is 3.13. The number of rotatable bonds is 6. The lowest BCUT2D eigenvalue weighted by Crippen LogP contribution is -2.17. The Kier molecular flexibility index (Phi) is 4.85. The Hall–Kier alpha value is -2.74. The molecule has 2 aromatic heterocycles. The van der Waals surface area contributed by atoms with Gasteiger partial charge in [-0.25, -0.2) is 9.97 Å². The number of hydrogen-bond donors (Lipinski definition) is 2. The van der Waals surface area contributed by atoms with Crippen LogP contribution in [0.25, 0.3) is 10.2 Å². The summed E-state index contributed by atoms with van der Waals surface area (Å²) < 4.78 is 2.60. The second-order valence-corrected chi connectivity index (χ2v) is 6.31. The first-order chi connectivity index (χ1) is 11.6. The Labute approximate surface area is 142 Å². The van der Waals surface area contributed by atoms with Gasteiger partial charge in [-0.2, -0.15) is 0 Å². The number of carbonyl (C=O) groups is 2. The molecule has 0 spiro atoms. The summed E-state index contributed by atoms with van der Waals surface area (Å²) in [7, 11) is 0. The Morgan fingerprint density at radius 2 is 2.12 bits per heavy atom. The number of thiazole rings is 1. The van der Waals surface area contributed by atoms with Crippen molar-refractivity contribution in [2.45, 2.75) is 26.3 Å². The van der Waals surface area contributed by atoms with E-state index in [2.05, 4.69) is 20.6 Å². The number of amides is 2. The van der Waals surface area contributed by atoms with Gasteiger partial charge in [0, 0.05) is 24.5 Å². The minimum absolute atomic E-state index is 0.0367. The average Bonchev–Trinajstić information content (AvgIpc) is 3.15. The van der Waals surface area contributed by atoms with E-state index in [1.165, 1.54) is 11.3 Å². The highest BCUT2D eigenvalue weighted by atomic mass is 32.1. The predicted octanol–water partition coefficient (Wildman–Crippen LogP) is 2.87. The van der Waals surface area contributed by atoms with Crippen molar-refractivity contribution in [1.82, 2.24) is 14.5 Å². The third-order valence-corrected chi connectivity index (χ3v) is 4.21. The molecule has 0 bridgehead atoms. The molecule has 0 unspecified atom stereocenters. The summed E-state index contributed by atoms with van der Waals surface area (Å²) >= 11 is 1.39. The van der Waals surface area contributed by atoms with Crippen LogP contribution in [0.1, 0.15) is 19.8 Å². The summed E-state index contributed by atoms with van der Waals surface area (Å²) in [5, 5.41) is 6.21. The van der Waals surface area contributed by atoms with E-state index in [4.69, 9.17) is 0 Å². The highest BCUT2D eigenvalue weighted by Gasteiger charge is 2.09. The smallest absolute Gasteiger partial charge is 0.244 e. The van der Waals surface area contributed by atoms with Crippen molar-refractivity contribution in [2.24, 2.45) is 0 Å². The number of carbonyl (C=O) groups excluding carboxylic acids is 2. The SMILES string of the molecule is CCCC(=O)Nc1nc2ccc(NC(=O)Cn3ccnc3)cc2s1. The lowest BCUT2D eigenvalue weighted by Gasteiger charge is -2.05. The first-order valence-corrected chi connectivity index (χ1v) is 8.41. The van der Waals surface area contributed by atoms with Crippen molar-refractivity contribution >= 4 is 44.2 Å². The summed E-state index contributed by atoms with van der Waals surface area (Å²) in [6.07, 6.45) is 6.23. The number of benzene rings is 1. The molecule has 24 heavy (non-hydrogen) atoms. The van der Waals surface area contributed by atoms with Crippen LogP contribution in [0.5, 0.6) is 0 Å². The molecule has 0 radical (unpaired) electrons. The van der Waals surface area contributed by atoms with Crippen molar-refractivity contribution < 1.29 is 9.59 Å². The zero-order valence-corrected chi connectivity index (χ0v) is 14.0. The van der Waals surface area contributed by atoms with Crippen LogP contribution in [0.3, 0.4) is 0 Å². The standard InChI is InChI=1S/C16H17N5O2S/c1-2-3-14(22)20-16-19-12-5-4-11(8-13(12)24-16)18-15(23)9-21-7-6-17-10-21/h4-8,10H,2-3,9H2,1H3,(H,18,23)(H,19,20,22). The van der Waals surface area contributed by atoms with Crippen LogP contribution < -0.4 is 10.6 Å². The maximum Gasteiger partial charge on any atom is 0.244 e. The molecule has 0 aliphatic heterocycles. The van der Waals surface area contributed by atoms with Gasteiger partial charge in [-0.1, -0.05) is 18.3 Å². The Morgan fingerprint density at radius 3 is 2.88 bits per heavy atom. The highest BCUT2D eigenvalue weighted by Crippen LogP contribution is 2.28. The number of fused-ring (bicyclic) bond motifs is 1. The molecular formula is C16H17N5O2S. The fourth-order valence-electron chi connectivity index (χ4n) is 2.21. The van der Waals surface area contributed by atoms with Crippen LogP contribution in [0.2, 0.25) is 0 Å². The maximum absolute atomic E-state index is 12.0. The summed E-state index contributed by atoms with van der Waals surface area (Å²) in [6, 6.07) is 5.48. The third-order valence-electron chi connectivity index (χ3n) is 3.28. The van der Waals surface area contributed by atoms with Crippen LogP contribution in [0, 0.1) is 0 Å². The third kappa shape index (κ3) is 3.96. The number of anilines is 2. The normalized spacial score (nSPS) is 10.7. The molecule has 124 valence electrons. The molecule has 2 heterocycles. The second kappa shape index (κ2) is 7.22. The number of imidazole rings is 1. The first kappa shape index (κ1) is 16.1. The fraction of sp³-hybridized carbons (Fsp3) is 0.250. The van der Waals surface area contributed by atoms with Gasteiger partial charge >= 0.3 is 0 Å². The second-order valence-electron chi connectivity index (χ2n) is 5.28. The van der Waals surface area contributed by atoms with E-state index < -0.39 is 0 Å². The molecule has 2 amide bonds. The zero-order valence-electron chi connectivity index (χ0n) is 13.2. The van der Waals surface area contributed by atoms with Crippen molar-refractivity contribution in [3.8, 4) is 0 Å². The molecule has 0 saturated carbocycles. The van der Waals surface area contributed by atoms with Gasteiger partial charge in [0.1, 0.15) is 6.54 Å². The molecule has 8 heteroatoms. The molecule has 0 aliphatic rings. The van der Waals surface area contributed by atoms with Gasteiger partial charge in [0.05, 0.1) is 16.5 Å². The summed E-state index contributed by atoms with van der Waals surface area (Å²) in [4.78, 5) is 31.9. The Bertz CT molecular complexity index is 857. The quantitative estimate of drug-likeness (QED) is 0.720. The van der Waals surface area contributed by atoms with Crippen LogP contribution >= 0.6 is 11.3 Å². The maximum atomic E-state index is 12.0. The van der Waals surface area contributed by atoms with Gasteiger partial charge in [-0.3, -0.25) is 9.59 Å². The molecule has 3 rings (SSSR count). The number of nitrogens with one attached hydrogen (secondary N) is 2.